The van der Waals surface area contributed by atoms with Crippen LogP contribution >= 0.6 is 11.6 Å². The molecule has 40 heavy (non-hydrogen) atoms. The Kier molecular flexibility index (Phi) is 7.73. The standard InChI is InChI=1S/C29H29ClF2N2O5S/c1-16-9-19-12-21(14-22(16)29(19,37)27(35)10-17-3-2-8-33-15-17)40(38,39)26-11-18(4-6-23(26)30)28(36)34-20-5-7-24(31)25(32)13-20/h2-8,11,13,15-16,19,21-22,27,35,37H,9-10,12,14H2,1H3,(H,34,36)/t16-,19?,21+,22?,27?,29+/m0/s1. The molecule has 3 unspecified atom stereocenters. The van der Waals surface area contributed by atoms with Crippen LogP contribution in [-0.2, 0) is 16.3 Å². The van der Waals surface area contributed by atoms with Gasteiger partial charge in [0.25, 0.3) is 5.91 Å². The zero-order chi connectivity index (χ0) is 28.8. The average molecular weight is 591 g/mol. The van der Waals surface area contributed by atoms with Gasteiger partial charge in [-0.05, 0) is 79.0 Å². The molecule has 0 aliphatic heterocycles. The number of halogens is 3. The molecule has 2 aliphatic rings. The van der Waals surface area contributed by atoms with Crippen LogP contribution in [0.25, 0.3) is 0 Å². The molecule has 1 aromatic heterocycles. The third kappa shape index (κ3) is 5.13. The van der Waals surface area contributed by atoms with Crippen molar-refractivity contribution in [1.82, 2.24) is 4.98 Å². The van der Waals surface area contributed by atoms with Gasteiger partial charge in [0.1, 0.15) is 0 Å². The molecule has 1 heterocycles. The van der Waals surface area contributed by atoms with Gasteiger partial charge >= 0.3 is 0 Å². The second-order valence-electron chi connectivity index (χ2n) is 10.9. The smallest absolute Gasteiger partial charge is 0.255 e. The van der Waals surface area contributed by atoms with Crippen LogP contribution < -0.4 is 5.32 Å². The Labute approximate surface area is 236 Å². The van der Waals surface area contributed by atoms with Gasteiger partial charge in [-0.3, -0.25) is 9.78 Å². The van der Waals surface area contributed by atoms with Crippen LogP contribution in [0.15, 0.2) is 65.8 Å². The Morgan fingerprint density at radius 2 is 1.93 bits per heavy atom. The van der Waals surface area contributed by atoms with E-state index in [9.17, 15) is 32.2 Å². The van der Waals surface area contributed by atoms with Crippen LogP contribution in [0.3, 0.4) is 0 Å². The summed E-state index contributed by atoms with van der Waals surface area (Å²) in [5.74, 6) is -3.84. The lowest BCUT2D eigenvalue weighted by atomic mass is 9.69. The lowest BCUT2D eigenvalue weighted by Crippen LogP contribution is -2.56. The molecular weight excluding hydrogens is 562 g/mol. The molecule has 6 atom stereocenters. The van der Waals surface area contributed by atoms with E-state index in [1.165, 1.54) is 24.3 Å². The molecular formula is C29H29ClF2N2O5S. The van der Waals surface area contributed by atoms with E-state index in [2.05, 4.69) is 10.3 Å². The molecule has 0 spiro atoms. The third-order valence-electron chi connectivity index (χ3n) is 8.46. The number of nitrogens with one attached hydrogen (secondary N) is 1. The van der Waals surface area contributed by atoms with Crippen molar-refractivity contribution in [2.75, 3.05) is 5.32 Å². The number of sulfone groups is 1. The maximum atomic E-state index is 13.9. The van der Waals surface area contributed by atoms with Crippen LogP contribution in [0.1, 0.15) is 42.1 Å². The number of carbonyl (C=O) groups excluding carboxylic acids is 1. The van der Waals surface area contributed by atoms with Gasteiger partial charge in [-0.15, -0.1) is 0 Å². The fraction of sp³-hybridized carbons (Fsp3) is 0.379. The van der Waals surface area contributed by atoms with E-state index in [0.717, 1.165) is 17.7 Å². The van der Waals surface area contributed by atoms with Crippen molar-refractivity contribution in [2.24, 2.45) is 17.8 Å². The van der Waals surface area contributed by atoms with Crippen LogP contribution in [0, 0.1) is 29.4 Å². The lowest BCUT2D eigenvalue weighted by molar-refractivity contribution is -0.144. The average Bonchev–Trinajstić information content (AvgIpc) is 3.04. The number of aromatic nitrogens is 1. The minimum atomic E-state index is -4.04. The van der Waals surface area contributed by atoms with Crippen molar-refractivity contribution >= 4 is 33.0 Å². The normalized spacial score (nSPS) is 26.9. The number of carbonyl (C=O) groups is 1. The number of anilines is 1. The topological polar surface area (TPSA) is 117 Å². The molecule has 2 aromatic carbocycles. The largest absolute Gasteiger partial charge is 0.390 e. The molecule has 2 fully saturated rings. The number of aliphatic hydroxyl groups is 2. The number of nitrogens with zero attached hydrogens (tertiary/aromatic N) is 1. The monoisotopic (exact) mass is 590 g/mol. The van der Waals surface area contributed by atoms with Gasteiger partial charge in [0.05, 0.1) is 26.9 Å². The highest BCUT2D eigenvalue weighted by molar-refractivity contribution is 7.92. The summed E-state index contributed by atoms with van der Waals surface area (Å²) in [6.45, 7) is 1.96. The quantitative estimate of drug-likeness (QED) is 0.364. The number of hydrogen-bond donors (Lipinski definition) is 3. The van der Waals surface area contributed by atoms with Crippen molar-refractivity contribution < 1.29 is 32.2 Å². The number of fused-ring (bicyclic) bond motifs is 2. The summed E-state index contributed by atoms with van der Waals surface area (Å²) in [6, 6.07) is 10.3. The predicted molar refractivity (Wildman–Crippen MR) is 146 cm³/mol. The van der Waals surface area contributed by atoms with Crippen LogP contribution in [-0.4, -0.2) is 46.5 Å². The first kappa shape index (κ1) is 28.6. The molecule has 3 N–H and O–H groups in total. The summed E-state index contributed by atoms with van der Waals surface area (Å²) < 4.78 is 54.5. The van der Waals surface area contributed by atoms with E-state index in [1.807, 2.05) is 13.0 Å². The zero-order valence-corrected chi connectivity index (χ0v) is 23.2. The molecule has 2 aliphatic carbocycles. The summed E-state index contributed by atoms with van der Waals surface area (Å²) in [4.78, 5) is 16.7. The van der Waals surface area contributed by atoms with Crippen molar-refractivity contribution in [3.63, 3.8) is 0 Å². The highest BCUT2D eigenvalue weighted by atomic mass is 35.5. The second kappa shape index (κ2) is 10.8. The first-order chi connectivity index (χ1) is 18.9. The minimum Gasteiger partial charge on any atom is -0.390 e. The Balaban J connectivity index is 1.38. The third-order valence-corrected chi connectivity index (χ3v) is 11.1. The van der Waals surface area contributed by atoms with Gasteiger partial charge < -0.3 is 15.5 Å². The SMILES string of the molecule is C[C@H]1CC2C[C@@H](S(=O)(=O)c3cc(C(=O)Nc4ccc(F)c(F)c4)ccc3Cl)CC1[C@@]2(O)C(O)Cc1cccnc1. The Hall–Kier alpha value is -2.92. The highest BCUT2D eigenvalue weighted by Crippen LogP contribution is 2.56. The maximum Gasteiger partial charge on any atom is 0.255 e. The number of pyridine rings is 1. The van der Waals surface area contributed by atoms with Crippen molar-refractivity contribution in [1.29, 1.82) is 0 Å². The molecule has 1 amide bonds. The number of benzene rings is 2. The van der Waals surface area contributed by atoms with Gasteiger partial charge in [0.15, 0.2) is 21.5 Å². The Bertz CT molecular complexity index is 1540. The molecule has 5 rings (SSSR count). The predicted octanol–water partition coefficient (Wildman–Crippen LogP) is 4.81. The van der Waals surface area contributed by atoms with Gasteiger partial charge in [-0.2, -0.15) is 0 Å². The number of rotatable bonds is 7. The maximum absolute atomic E-state index is 13.9. The van der Waals surface area contributed by atoms with Crippen molar-refractivity contribution in [2.45, 2.75) is 54.5 Å². The zero-order valence-electron chi connectivity index (χ0n) is 21.6. The lowest BCUT2D eigenvalue weighted by Gasteiger charge is -2.46. The Morgan fingerprint density at radius 3 is 2.60 bits per heavy atom. The molecule has 11 heteroatoms. The van der Waals surface area contributed by atoms with Gasteiger partial charge in [-0.25, -0.2) is 17.2 Å². The molecule has 7 nitrogen and oxygen atoms in total. The van der Waals surface area contributed by atoms with Crippen LogP contribution in [0.4, 0.5) is 14.5 Å². The summed E-state index contributed by atoms with van der Waals surface area (Å²) in [5, 5.41) is 24.4. The van der Waals surface area contributed by atoms with E-state index in [1.54, 1.807) is 18.5 Å². The van der Waals surface area contributed by atoms with Gasteiger partial charge in [0, 0.05) is 36.1 Å². The molecule has 2 saturated carbocycles. The summed E-state index contributed by atoms with van der Waals surface area (Å²) in [5.41, 5.74) is -0.694. The van der Waals surface area contributed by atoms with Gasteiger partial charge in [-0.1, -0.05) is 24.6 Å². The molecule has 0 saturated heterocycles. The Morgan fingerprint density at radius 1 is 1.15 bits per heavy atom. The molecule has 3 aromatic rings. The van der Waals surface area contributed by atoms with E-state index in [0.29, 0.717) is 6.42 Å². The first-order valence-corrected chi connectivity index (χ1v) is 14.9. The van der Waals surface area contributed by atoms with E-state index in [-0.39, 0.29) is 46.3 Å². The van der Waals surface area contributed by atoms with Crippen molar-refractivity contribution in [3.05, 3.63) is 88.7 Å². The molecule has 212 valence electrons. The van der Waals surface area contributed by atoms with Crippen LogP contribution in [0.5, 0.6) is 0 Å². The van der Waals surface area contributed by atoms with Gasteiger partial charge in [0.2, 0.25) is 0 Å². The summed E-state index contributed by atoms with van der Waals surface area (Å²) in [7, 11) is -4.04. The number of aliphatic hydroxyl groups excluding tert-OH is 1. The number of hydrogen-bond acceptors (Lipinski definition) is 6. The van der Waals surface area contributed by atoms with Crippen LogP contribution in [0.2, 0.25) is 5.02 Å². The van der Waals surface area contributed by atoms with E-state index >= 15 is 0 Å². The second-order valence-corrected chi connectivity index (χ2v) is 13.5. The summed E-state index contributed by atoms with van der Waals surface area (Å²) in [6.07, 6.45) is 3.19. The molecule has 2 bridgehead atoms. The van der Waals surface area contributed by atoms with Crippen molar-refractivity contribution in [3.8, 4) is 0 Å². The van der Waals surface area contributed by atoms with E-state index in [4.69, 9.17) is 11.6 Å². The number of amides is 1. The molecule has 0 radical (unpaired) electrons. The minimum absolute atomic E-state index is 0.00484. The summed E-state index contributed by atoms with van der Waals surface area (Å²) >= 11 is 6.32. The highest BCUT2D eigenvalue weighted by Gasteiger charge is 2.61. The fourth-order valence-electron chi connectivity index (χ4n) is 6.46. The first-order valence-electron chi connectivity index (χ1n) is 13.0. The van der Waals surface area contributed by atoms with E-state index < -0.39 is 56.2 Å². The fourth-order valence-corrected chi connectivity index (χ4v) is 8.84.